The second-order valence-corrected chi connectivity index (χ2v) is 15.4. The molecular formula is C21H24AlO9P3. The summed E-state index contributed by atoms with van der Waals surface area (Å²) in [5.41, 5.74) is 0. The molecule has 0 amide bonds. The smallest absolute Gasteiger partial charge is 0.426 e. The third-order valence-electron chi connectivity index (χ3n) is 3.88. The van der Waals surface area contributed by atoms with E-state index >= 15 is 0 Å². The van der Waals surface area contributed by atoms with E-state index in [1.807, 2.05) is 0 Å². The van der Waals surface area contributed by atoms with Gasteiger partial charge in [-0.1, -0.05) is 54.6 Å². The van der Waals surface area contributed by atoms with Gasteiger partial charge in [0.25, 0.3) is 0 Å². The largest absolute Gasteiger partial charge is 0.928 e. The summed E-state index contributed by atoms with van der Waals surface area (Å²) in [6.45, 7) is 3.60. The predicted octanol–water partition coefficient (Wildman–Crippen LogP) is 6.73. The summed E-state index contributed by atoms with van der Waals surface area (Å²) in [5.74, 6) is 0.838. The van der Waals surface area contributed by atoms with E-state index in [2.05, 4.69) is 0 Å². The van der Waals surface area contributed by atoms with Crippen molar-refractivity contribution in [3.63, 3.8) is 0 Å². The maximum atomic E-state index is 13.1. The first-order chi connectivity index (χ1) is 16.0. The molecule has 0 saturated carbocycles. The molecule has 0 heterocycles. The third-order valence-corrected chi connectivity index (χ3v) is 12.2. The van der Waals surface area contributed by atoms with Crippen LogP contribution >= 0.6 is 22.8 Å². The first-order valence-electron chi connectivity index (χ1n) is 10.0. The number of para-hydroxylation sites is 3. The Morgan fingerprint density at radius 1 is 0.471 bits per heavy atom. The second-order valence-electron chi connectivity index (χ2n) is 7.13. The highest BCUT2D eigenvalue weighted by Gasteiger charge is 2.49. The zero-order chi connectivity index (χ0) is 24.7. The molecule has 3 unspecified atom stereocenters. The van der Waals surface area contributed by atoms with Crippen molar-refractivity contribution in [2.45, 2.75) is 0 Å². The Morgan fingerprint density at radius 3 is 0.941 bits per heavy atom. The molecule has 0 radical (unpaired) electrons. The van der Waals surface area contributed by atoms with Crippen molar-refractivity contribution in [2.75, 3.05) is 20.0 Å². The van der Waals surface area contributed by atoms with Crippen LogP contribution in [-0.4, -0.2) is 35.1 Å². The van der Waals surface area contributed by atoms with Crippen LogP contribution in [0.2, 0.25) is 0 Å². The van der Waals surface area contributed by atoms with Crippen molar-refractivity contribution in [1.82, 2.24) is 0 Å². The van der Waals surface area contributed by atoms with Crippen LogP contribution in [0.5, 0.6) is 17.2 Å². The van der Waals surface area contributed by atoms with Gasteiger partial charge in [-0.3, -0.25) is 0 Å². The van der Waals surface area contributed by atoms with Crippen molar-refractivity contribution in [3.05, 3.63) is 91.0 Å². The van der Waals surface area contributed by atoms with Crippen molar-refractivity contribution in [3.8, 4) is 17.2 Å². The molecular weight excluding hydrogens is 516 g/mol. The van der Waals surface area contributed by atoms with E-state index in [-0.39, 0.29) is 17.2 Å². The molecule has 0 saturated heterocycles. The van der Waals surface area contributed by atoms with Crippen LogP contribution < -0.4 is 13.6 Å². The Labute approximate surface area is 203 Å². The van der Waals surface area contributed by atoms with E-state index in [9.17, 15) is 13.7 Å². The van der Waals surface area contributed by atoms with E-state index in [0.29, 0.717) is 0 Å². The first kappa shape index (κ1) is 26.8. The number of hydrogen-bond donors (Lipinski definition) is 0. The second kappa shape index (κ2) is 11.7. The summed E-state index contributed by atoms with van der Waals surface area (Å²) in [6, 6.07) is 25.0. The zero-order valence-corrected chi connectivity index (χ0v) is 22.6. The van der Waals surface area contributed by atoms with Gasteiger partial charge in [-0.15, -0.1) is 0 Å². The fourth-order valence-electron chi connectivity index (χ4n) is 2.61. The Hall–Kier alpha value is -1.84. The van der Waals surface area contributed by atoms with E-state index in [0.717, 1.165) is 0 Å². The molecule has 3 aromatic rings. The molecule has 0 aliphatic rings. The van der Waals surface area contributed by atoms with Gasteiger partial charge < -0.3 is 24.3 Å². The summed E-state index contributed by atoms with van der Waals surface area (Å²) >= 11 is -3.70. The van der Waals surface area contributed by atoms with Gasteiger partial charge in [0.05, 0.1) is 0 Å². The maximum absolute atomic E-state index is 13.1. The number of hydrogen-bond acceptors (Lipinski definition) is 9. The quantitative estimate of drug-likeness (QED) is 0.183. The summed E-state index contributed by atoms with van der Waals surface area (Å²) in [4.78, 5) is 0. The van der Waals surface area contributed by atoms with Gasteiger partial charge in [0, 0.05) is 20.0 Å². The fraction of sp³-hybridized carbons (Fsp3) is 0.143. The van der Waals surface area contributed by atoms with Gasteiger partial charge in [-0.2, -0.15) is 0 Å². The van der Waals surface area contributed by atoms with Crippen molar-refractivity contribution >= 4 is 37.9 Å². The lowest BCUT2D eigenvalue weighted by molar-refractivity contribution is 0.257. The normalized spacial score (nSPS) is 16.3. The molecule has 3 atom stereocenters. The average Bonchev–Trinajstić information content (AvgIpc) is 2.73. The van der Waals surface area contributed by atoms with Gasteiger partial charge in [-0.05, 0) is 36.4 Å². The zero-order valence-electron chi connectivity index (χ0n) is 18.8. The van der Waals surface area contributed by atoms with Crippen LogP contribution in [0.3, 0.4) is 0 Å². The molecule has 3 rings (SSSR count). The summed E-state index contributed by atoms with van der Waals surface area (Å²) in [5, 5.41) is 0. The molecule has 180 valence electrons. The molecule has 0 aromatic heterocycles. The molecule has 0 fully saturated rings. The molecule has 0 N–H and O–H groups in total. The lowest BCUT2D eigenvalue weighted by Crippen LogP contribution is -2.26. The van der Waals surface area contributed by atoms with Crippen LogP contribution in [-0.2, 0) is 24.4 Å². The van der Waals surface area contributed by atoms with Crippen molar-refractivity contribution in [2.24, 2.45) is 0 Å². The Kier molecular flexibility index (Phi) is 9.23. The highest BCUT2D eigenvalue weighted by molar-refractivity contribution is 7.58. The minimum absolute atomic E-state index is 0.279. The van der Waals surface area contributed by atoms with Crippen molar-refractivity contribution in [1.29, 1.82) is 0 Å². The number of rotatable bonds is 12. The molecule has 13 heteroatoms. The first-order valence-corrected chi connectivity index (χ1v) is 17.4. The van der Waals surface area contributed by atoms with Crippen molar-refractivity contribution < 1.29 is 38.0 Å². The van der Waals surface area contributed by atoms with Crippen LogP contribution in [0.25, 0.3) is 0 Å². The van der Waals surface area contributed by atoms with Crippen LogP contribution in [0.4, 0.5) is 0 Å². The fourth-order valence-corrected chi connectivity index (χ4v) is 9.89. The summed E-state index contributed by atoms with van der Waals surface area (Å²) in [7, 11) is -11.5. The van der Waals surface area contributed by atoms with E-state index in [4.69, 9.17) is 24.3 Å². The van der Waals surface area contributed by atoms with Gasteiger partial charge in [0.15, 0.2) is 0 Å². The summed E-state index contributed by atoms with van der Waals surface area (Å²) in [6.07, 6.45) is 0. The van der Waals surface area contributed by atoms with Gasteiger partial charge >= 0.3 is 37.9 Å². The van der Waals surface area contributed by atoms with Crippen LogP contribution in [0.15, 0.2) is 91.0 Å². The van der Waals surface area contributed by atoms with E-state index in [1.165, 1.54) is 20.0 Å². The highest BCUT2D eigenvalue weighted by atomic mass is 31.2. The average molecular weight is 540 g/mol. The molecule has 0 spiro atoms. The molecule has 34 heavy (non-hydrogen) atoms. The SMILES string of the molecule is CP(=O)(Oc1ccccc1)[O][Al]([O]P(C)(=O)Oc1ccccc1)[O]P(C)(=O)Oc1ccccc1. The lowest BCUT2D eigenvalue weighted by Gasteiger charge is -2.24. The molecule has 0 bridgehead atoms. The van der Waals surface area contributed by atoms with Gasteiger partial charge in [0.1, 0.15) is 17.2 Å². The maximum Gasteiger partial charge on any atom is 0.928 e. The molecule has 9 nitrogen and oxygen atoms in total. The predicted molar refractivity (Wildman–Crippen MR) is 131 cm³/mol. The van der Waals surface area contributed by atoms with E-state index < -0.39 is 37.9 Å². The van der Waals surface area contributed by atoms with Crippen LogP contribution in [0, 0.1) is 0 Å². The highest BCUT2D eigenvalue weighted by Crippen LogP contribution is 2.54. The molecule has 0 aliphatic heterocycles. The molecule has 0 aliphatic carbocycles. The van der Waals surface area contributed by atoms with Gasteiger partial charge in [-0.25, -0.2) is 13.7 Å². The minimum atomic E-state index is -3.85. The standard InChI is InChI=1S/3C7H9O3P.Al/c3*1-11(8,9)10-7-5-3-2-4-6-7;/h3*2-6H,1H3,(H,8,9);/q;;;+3/p-3. The van der Waals surface area contributed by atoms with Gasteiger partial charge in [0.2, 0.25) is 0 Å². The number of benzene rings is 3. The Morgan fingerprint density at radius 2 is 0.706 bits per heavy atom. The monoisotopic (exact) mass is 540 g/mol. The lowest BCUT2D eigenvalue weighted by atomic mass is 10.3. The topological polar surface area (TPSA) is 107 Å². The van der Waals surface area contributed by atoms with E-state index in [1.54, 1.807) is 91.0 Å². The minimum Gasteiger partial charge on any atom is -0.426 e. The molecule has 3 aromatic carbocycles. The Bertz CT molecular complexity index is 1040. The summed E-state index contributed by atoms with van der Waals surface area (Å²) < 4.78 is 72.0. The van der Waals surface area contributed by atoms with Crippen LogP contribution in [0.1, 0.15) is 0 Å². The third kappa shape index (κ3) is 9.43. The Balaban J connectivity index is 1.79.